The average Bonchev–Trinajstić information content (AvgIpc) is 1.86. The van der Waals surface area contributed by atoms with Gasteiger partial charge in [-0.05, 0) is 13.3 Å². The zero-order chi connectivity index (χ0) is 7.49. The van der Waals surface area contributed by atoms with E-state index >= 15 is 0 Å². The smallest absolute Gasteiger partial charge is 0.152 e. The van der Waals surface area contributed by atoms with Crippen LogP contribution in [0.15, 0.2) is 0 Å². The van der Waals surface area contributed by atoms with Gasteiger partial charge in [0.25, 0.3) is 0 Å². The van der Waals surface area contributed by atoms with Crippen molar-refractivity contribution in [3.05, 3.63) is 0 Å². The third-order valence-electron chi connectivity index (χ3n) is 1.59. The quantitative estimate of drug-likeness (QED) is 0.606. The highest BCUT2D eigenvalue weighted by Crippen LogP contribution is 2.04. The van der Waals surface area contributed by atoms with Gasteiger partial charge in [-0.2, -0.15) is 0 Å². The van der Waals surface area contributed by atoms with Crippen molar-refractivity contribution in [1.82, 2.24) is 0 Å². The standard InChI is InChI=1S/C6H14O2S/c1-4-6(3)9(7,8)5-2/h6H,4-5H2,1-3H3. The van der Waals surface area contributed by atoms with Gasteiger partial charge in [-0.15, -0.1) is 0 Å². The van der Waals surface area contributed by atoms with E-state index in [0.29, 0.717) is 0 Å². The molecule has 0 aromatic rings. The second kappa shape index (κ2) is 3.20. The van der Waals surface area contributed by atoms with Crippen LogP contribution in [0.3, 0.4) is 0 Å². The van der Waals surface area contributed by atoms with Gasteiger partial charge in [0.2, 0.25) is 0 Å². The Morgan fingerprint density at radius 2 is 1.78 bits per heavy atom. The topological polar surface area (TPSA) is 34.1 Å². The van der Waals surface area contributed by atoms with Crippen LogP contribution < -0.4 is 0 Å². The van der Waals surface area contributed by atoms with Crippen molar-refractivity contribution in [2.24, 2.45) is 0 Å². The molecule has 56 valence electrons. The average molecular weight is 150 g/mol. The molecule has 0 N–H and O–H groups in total. The van der Waals surface area contributed by atoms with Gasteiger partial charge in [-0.3, -0.25) is 0 Å². The van der Waals surface area contributed by atoms with E-state index in [2.05, 4.69) is 0 Å². The van der Waals surface area contributed by atoms with Crippen LogP contribution in [-0.4, -0.2) is 19.4 Å². The van der Waals surface area contributed by atoms with Gasteiger partial charge in [0, 0.05) is 5.75 Å². The number of rotatable bonds is 3. The van der Waals surface area contributed by atoms with E-state index in [9.17, 15) is 8.42 Å². The highest BCUT2D eigenvalue weighted by Gasteiger charge is 2.14. The molecular weight excluding hydrogens is 136 g/mol. The minimum Gasteiger partial charge on any atom is -0.229 e. The molecule has 0 amide bonds. The minimum atomic E-state index is -2.75. The third kappa shape index (κ3) is 2.35. The first-order valence-electron chi connectivity index (χ1n) is 3.26. The Bertz CT molecular complexity index is 158. The Balaban J connectivity index is 4.17. The Kier molecular flexibility index (Phi) is 3.18. The predicted molar refractivity (Wildman–Crippen MR) is 39.2 cm³/mol. The molecule has 0 aromatic carbocycles. The molecule has 0 aromatic heterocycles. The van der Waals surface area contributed by atoms with Crippen molar-refractivity contribution >= 4 is 9.84 Å². The maximum absolute atomic E-state index is 10.9. The van der Waals surface area contributed by atoms with Gasteiger partial charge in [0.05, 0.1) is 5.25 Å². The molecule has 0 saturated heterocycles. The monoisotopic (exact) mass is 150 g/mol. The molecule has 0 bridgehead atoms. The lowest BCUT2D eigenvalue weighted by molar-refractivity contribution is 0.582. The van der Waals surface area contributed by atoms with Crippen LogP contribution in [0.1, 0.15) is 27.2 Å². The molecule has 0 aliphatic rings. The third-order valence-corrected chi connectivity index (χ3v) is 3.95. The molecule has 1 atom stereocenters. The van der Waals surface area contributed by atoms with Gasteiger partial charge in [0.15, 0.2) is 9.84 Å². The first kappa shape index (κ1) is 8.95. The summed E-state index contributed by atoms with van der Waals surface area (Å²) in [5, 5.41) is -0.164. The van der Waals surface area contributed by atoms with E-state index in [1.165, 1.54) is 0 Å². The van der Waals surface area contributed by atoms with Crippen LogP contribution in [0.25, 0.3) is 0 Å². The molecule has 0 rings (SSSR count). The van der Waals surface area contributed by atoms with Gasteiger partial charge in [-0.1, -0.05) is 13.8 Å². The molecule has 0 fully saturated rings. The van der Waals surface area contributed by atoms with Crippen molar-refractivity contribution < 1.29 is 8.42 Å². The molecule has 0 spiro atoms. The first-order valence-corrected chi connectivity index (χ1v) is 4.97. The summed E-state index contributed by atoms with van der Waals surface area (Å²) in [4.78, 5) is 0. The van der Waals surface area contributed by atoms with E-state index < -0.39 is 9.84 Å². The minimum absolute atomic E-state index is 0.164. The van der Waals surface area contributed by atoms with Crippen LogP contribution in [0.4, 0.5) is 0 Å². The van der Waals surface area contributed by atoms with Gasteiger partial charge < -0.3 is 0 Å². The molecule has 0 radical (unpaired) electrons. The second-order valence-corrected chi connectivity index (χ2v) is 4.88. The Morgan fingerprint density at radius 1 is 1.33 bits per heavy atom. The van der Waals surface area contributed by atoms with Crippen LogP contribution in [0, 0.1) is 0 Å². The number of hydrogen-bond donors (Lipinski definition) is 0. The fourth-order valence-corrected chi connectivity index (χ4v) is 1.62. The molecule has 3 heteroatoms. The zero-order valence-corrected chi connectivity index (χ0v) is 7.03. The molecule has 0 heterocycles. The maximum Gasteiger partial charge on any atom is 0.152 e. The SMILES string of the molecule is CCC(C)S(=O)(=O)CC. The molecule has 0 saturated carbocycles. The van der Waals surface area contributed by atoms with Crippen molar-refractivity contribution in [2.45, 2.75) is 32.4 Å². The van der Waals surface area contributed by atoms with E-state index in [4.69, 9.17) is 0 Å². The van der Waals surface area contributed by atoms with Gasteiger partial charge in [-0.25, -0.2) is 8.42 Å². The molecule has 0 aliphatic heterocycles. The highest BCUT2D eigenvalue weighted by molar-refractivity contribution is 7.91. The fraction of sp³-hybridized carbons (Fsp3) is 1.00. The maximum atomic E-state index is 10.9. The van der Waals surface area contributed by atoms with Gasteiger partial charge in [0.1, 0.15) is 0 Å². The summed E-state index contributed by atoms with van der Waals surface area (Å²) in [7, 11) is -2.75. The highest BCUT2D eigenvalue weighted by atomic mass is 32.2. The Morgan fingerprint density at radius 3 is 1.89 bits per heavy atom. The van der Waals surface area contributed by atoms with Crippen LogP contribution >= 0.6 is 0 Å². The predicted octanol–water partition coefficient (Wildman–Crippen LogP) is 1.22. The Hall–Kier alpha value is -0.0500. The largest absolute Gasteiger partial charge is 0.229 e. The van der Waals surface area contributed by atoms with Crippen LogP contribution in [0.5, 0.6) is 0 Å². The molecule has 1 unspecified atom stereocenters. The van der Waals surface area contributed by atoms with Gasteiger partial charge >= 0.3 is 0 Å². The van der Waals surface area contributed by atoms with E-state index in [0.717, 1.165) is 6.42 Å². The van der Waals surface area contributed by atoms with Crippen molar-refractivity contribution in [3.8, 4) is 0 Å². The second-order valence-electron chi connectivity index (χ2n) is 2.17. The van der Waals surface area contributed by atoms with Crippen LogP contribution in [-0.2, 0) is 9.84 Å². The molecular formula is C6H14O2S. The molecule has 0 aliphatic carbocycles. The fourth-order valence-electron chi connectivity index (χ4n) is 0.538. The molecule has 2 nitrogen and oxygen atoms in total. The van der Waals surface area contributed by atoms with Crippen molar-refractivity contribution in [3.63, 3.8) is 0 Å². The number of sulfone groups is 1. The lowest BCUT2D eigenvalue weighted by atomic mass is 10.4. The van der Waals surface area contributed by atoms with Crippen molar-refractivity contribution in [2.75, 3.05) is 5.75 Å². The normalized spacial score (nSPS) is 15.4. The summed E-state index contributed by atoms with van der Waals surface area (Å²) in [5.41, 5.74) is 0. The summed E-state index contributed by atoms with van der Waals surface area (Å²) in [6, 6.07) is 0. The summed E-state index contributed by atoms with van der Waals surface area (Å²) in [6.45, 7) is 5.32. The van der Waals surface area contributed by atoms with Crippen LogP contribution in [0.2, 0.25) is 0 Å². The zero-order valence-electron chi connectivity index (χ0n) is 6.22. The summed E-state index contributed by atoms with van der Waals surface area (Å²) in [6.07, 6.45) is 0.718. The number of hydrogen-bond acceptors (Lipinski definition) is 2. The summed E-state index contributed by atoms with van der Waals surface area (Å²) < 4.78 is 21.9. The molecule has 9 heavy (non-hydrogen) atoms. The summed E-state index contributed by atoms with van der Waals surface area (Å²) >= 11 is 0. The van der Waals surface area contributed by atoms with E-state index in [-0.39, 0.29) is 11.0 Å². The van der Waals surface area contributed by atoms with E-state index in [1.54, 1.807) is 13.8 Å². The Labute approximate surface area is 57.2 Å². The van der Waals surface area contributed by atoms with E-state index in [1.807, 2.05) is 6.92 Å². The lowest BCUT2D eigenvalue weighted by Crippen LogP contribution is -2.18. The lowest BCUT2D eigenvalue weighted by Gasteiger charge is -2.06. The van der Waals surface area contributed by atoms with Crippen molar-refractivity contribution in [1.29, 1.82) is 0 Å². The first-order chi connectivity index (χ1) is 4.04. The summed E-state index contributed by atoms with van der Waals surface area (Å²) in [5.74, 6) is 0.266.